The standard InChI is InChI=1S/C4H3N2O3/c7-3-1-2-6(9)4(8)5-3/h1-2H,(H,5,7,8)/q-1. The summed E-state index contributed by atoms with van der Waals surface area (Å²) in [5.41, 5.74) is -1.50. The van der Waals surface area contributed by atoms with Crippen molar-refractivity contribution in [3.05, 3.63) is 38.3 Å². The molecule has 0 saturated heterocycles. The van der Waals surface area contributed by atoms with Crippen molar-refractivity contribution in [2.24, 2.45) is 0 Å². The number of aromatic nitrogens is 2. The van der Waals surface area contributed by atoms with Gasteiger partial charge >= 0.3 is 5.69 Å². The molecule has 1 rings (SSSR count). The quantitative estimate of drug-likeness (QED) is 0.479. The van der Waals surface area contributed by atoms with Crippen LogP contribution in [0.2, 0.25) is 0 Å². The molecule has 0 aromatic carbocycles. The van der Waals surface area contributed by atoms with E-state index in [0.717, 1.165) is 12.3 Å². The Morgan fingerprint density at radius 3 is 2.67 bits per heavy atom. The van der Waals surface area contributed by atoms with Gasteiger partial charge < -0.3 is 9.94 Å². The second-order valence-electron chi connectivity index (χ2n) is 1.44. The molecule has 0 aliphatic carbocycles. The van der Waals surface area contributed by atoms with E-state index in [9.17, 15) is 14.8 Å². The van der Waals surface area contributed by atoms with Crippen LogP contribution >= 0.6 is 0 Å². The fourth-order valence-electron chi connectivity index (χ4n) is 0.405. The minimum Gasteiger partial charge on any atom is -0.802 e. The van der Waals surface area contributed by atoms with Crippen LogP contribution in [-0.2, 0) is 0 Å². The number of H-pyrrole nitrogens is 1. The molecule has 9 heavy (non-hydrogen) atoms. The van der Waals surface area contributed by atoms with Crippen molar-refractivity contribution >= 4 is 0 Å². The number of rotatable bonds is 0. The zero-order valence-corrected chi connectivity index (χ0v) is 4.33. The molecule has 0 fully saturated rings. The molecule has 0 aliphatic heterocycles. The van der Waals surface area contributed by atoms with Gasteiger partial charge in [-0.05, 0) is 0 Å². The van der Waals surface area contributed by atoms with Gasteiger partial charge in [-0.25, -0.2) is 4.79 Å². The third-order valence-electron chi connectivity index (χ3n) is 0.792. The van der Waals surface area contributed by atoms with Crippen LogP contribution in [0.1, 0.15) is 0 Å². The van der Waals surface area contributed by atoms with Gasteiger partial charge in [0.25, 0.3) is 5.56 Å². The van der Waals surface area contributed by atoms with Crippen molar-refractivity contribution in [1.29, 1.82) is 0 Å². The van der Waals surface area contributed by atoms with Crippen molar-refractivity contribution in [3.63, 3.8) is 0 Å². The summed E-state index contributed by atoms with van der Waals surface area (Å²) in [5.74, 6) is 0. The Bertz CT molecular complexity index is 310. The molecule has 1 aromatic heterocycles. The first kappa shape index (κ1) is 5.61. The second-order valence-corrected chi connectivity index (χ2v) is 1.44. The fraction of sp³-hybridized carbons (Fsp3) is 0. The first-order chi connectivity index (χ1) is 4.20. The first-order valence-electron chi connectivity index (χ1n) is 2.19. The summed E-state index contributed by atoms with van der Waals surface area (Å²) in [6, 6.07) is 0.981. The van der Waals surface area contributed by atoms with Crippen LogP contribution in [0, 0.1) is 5.21 Å². The van der Waals surface area contributed by atoms with Crippen LogP contribution in [0.4, 0.5) is 0 Å². The van der Waals surface area contributed by atoms with Gasteiger partial charge in [-0.2, -0.15) is 0 Å². The maximum absolute atomic E-state index is 10.2. The van der Waals surface area contributed by atoms with Gasteiger partial charge in [0.15, 0.2) is 0 Å². The molecule has 0 unspecified atom stereocenters. The van der Waals surface area contributed by atoms with E-state index in [1.807, 2.05) is 0 Å². The van der Waals surface area contributed by atoms with Gasteiger partial charge in [0.05, 0.1) is 0 Å². The lowest BCUT2D eigenvalue weighted by Crippen LogP contribution is -2.25. The van der Waals surface area contributed by atoms with Gasteiger partial charge in [0.2, 0.25) is 0 Å². The Morgan fingerprint density at radius 2 is 2.22 bits per heavy atom. The van der Waals surface area contributed by atoms with Gasteiger partial charge in [0, 0.05) is 12.3 Å². The molecule has 1 heterocycles. The highest BCUT2D eigenvalue weighted by Gasteiger charge is 1.82. The Kier molecular flexibility index (Phi) is 1.11. The summed E-state index contributed by atoms with van der Waals surface area (Å²) in [6.07, 6.45) is 0.862. The lowest BCUT2D eigenvalue weighted by Gasteiger charge is -2.03. The monoisotopic (exact) mass is 127 g/mol. The molecular formula is C4H3N2O3-. The van der Waals surface area contributed by atoms with E-state index in [-0.39, 0.29) is 4.73 Å². The van der Waals surface area contributed by atoms with Crippen LogP contribution in [0.5, 0.6) is 0 Å². The zero-order valence-electron chi connectivity index (χ0n) is 4.33. The molecule has 0 spiro atoms. The van der Waals surface area contributed by atoms with Gasteiger partial charge in [-0.15, -0.1) is 0 Å². The molecule has 0 radical (unpaired) electrons. The van der Waals surface area contributed by atoms with Gasteiger partial charge in [-0.1, -0.05) is 0 Å². The fourth-order valence-corrected chi connectivity index (χ4v) is 0.405. The highest BCUT2D eigenvalue weighted by molar-refractivity contribution is 4.83. The minimum absolute atomic E-state index is 0.0431. The van der Waals surface area contributed by atoms with E-state index in [4.69, 9.17) is 0 Å². The van der Waals surface area contributed by atoms with Crippen LogP contribution in [-0.4, -0.2) is 9.71 Å². The zero-order chi connectivity index (χ0) is 6.85. The largest absolute Gasteiger partial charge is 0.802 e. The second kappa shape index (κ2) is 1.77. The molecule has 0 aliphatic rings. The summed E-state index contributed by atoms with van der Waals surface area (Å²) < 4.78 is 0.0431. The van der Waals surface area contributed by atoms with E-state index in [1.165, 1.54) is 0 Å². The highest BCUT2D eigenvalue weighted by atomic mass is 16.5. The SMILES string of the molecule is O=c1ccn([O-])c(=O)[nH]1. The number of hydrogen-bond acceptors (Lipinski definition) is 3. The molecule has 0 amide bonds. The van der Waals surface area contributed by atoms with Crippen LogP contribution in [0.15, 0.2) is 21.9 Å². The third kappa shape index (κ3) is 0.987. The first-order valence-corrected chi connectivity index (χ1v) is 2.19. The average Bonchev–Trinajstić information content (AvgIpc) is 1.80. The van der Waals surface area contributed by atoms with E-state index in [2.05, 4.69) is 0 Å². The molecular weight excluding hydrogens is 124 g/mol. The summed E-state index contributed by atoms with van der Waals surface area (Å²) in [6.45, 7) is 0. The number of hydrogen-bond donors (Lipinski definition) is 1. The van der Waals surface area contributed by atoms with E-state index in [1.54, 1.807) is 4.98 Å². The van der Waals surface area contributed by atoms with Crippen molar-refractivity contribution in [3.8, 4) is 0 Å². The Hall–Kier alpha value is -1.52. The maximum atomic E-state index is 10.2. The van der Waals surface area contributed by atoms with Crippen molar-refractivity contribution < 1.29 is 0 Å². The smallest absolute Gasteiger partial charge is 0.323 e. The van der Waals surface area contributed by atoms with Crippen molar-refractivity contribution in [1.82, 2.24) is 9.71 Å². The summed E-state index contributed by atoms with van der Waals surface area (Å²) >= 11 is 0. The van der Waals surface area contributed by atoms with E-state index in [0.29, 0.717) is 0 Å². The Morgan fingerprint density at radius 1 is 1.56 bits per heavy atom. The number of nitrogens with one attached hydrogen (secondary N) is 1. The number of nitrogens with zero attached hydrogens (tertiary/aromatic N) is 1. The van der Waals surface area contributed by atoms with Crippen molar-refractivity contribution in [2.45, 2.75) is 0 Å². The van der Waals surface area contributed by atoms with E-state index >= 15 is 0 Å². The van der Waals surface area contributed by atoms with Crippen molar-refractivity contribution in [2.75, 3.05) is 0 Å². The topological polar surface area (TPSA) is 77.9 Å². The summed E-state index contributed by atoms with van der Waals surface area (Å²) in [7, 11) is 0. The third-order valence-corrected chi connectivity index (χ3v) is 0.792. The Balaban J connectivity index is 3.52. The molecule has 1 aromatic rings. The molecule has 5 nitrogen and oxygen atoms in total. The molecule has 48 valence electrons. The average molecular weight is 127 g/mol. The number of aromatic amines is 1. The molecule has 1 N–H and O–H groups in total. The maximum Gasteiger partial charge on any atom is 0.323 e. The Labute approximate surface area is 49.2 Å². The normalized spacial score (nSPS) is 9.33. The van der Waals surface area contributed by atoms with Crippen LogP contribution < -0.4 is 11.2 Å². The molecule has 5 heteroatoms. The summed E-state index contributed by atoms with van der Waals surface area (Å²) in [4.78, 5) is 22.2. The van der Waals surface area contributed by atoms with Gasteiger partial charge in [0.1, 0.15) is 0 Å². The van der Waals surface area contributed by atoms with Crippen LogP contribution in [0.25, 0.3) is 0 Å². The lowest BCUT2D eigenvalue weighted by atomic mass is 10.7. The predicted octanol–water partition coefficient (Wildman–Crippen LogP) is -1.12. The summed E-state index contributed by atoms with van der Waals surface area (Å²) in [5, 5.41) is 10.2. The lowest BCUT2D eigenvalue weighted by molar-refractivity contribution is 0.902. The van der Waals surface area contributed by atoms with E-state index < -0.39 is 11.2 Å². The highest BCUT2D eigenvalue weighted by Crippen LogP contribution is 1.63. The minimum atomic E-state index is -0.942. The van der Waals surface area contributed by atoms with Crippen LogP contribution in [0.3, 0.4) is 0 Å². The predicted molar refractivity (Wildman–Crippen MR) is 30.1 cm³/mol. The molecule has 0 atom stereocenters. The molecule has 0 bridgehead atoms. The van der Waals surface area contributed by atoms with Gasteiger partial charge in [-0.3, -0.25) is 9.78 Å². The molecule has 0 saturated carbocycles.